The molecule has 0 atom stereocenters. The number of aromatic nitrogens is 2. The minimum absolute atomic E-state index is 0.432. The van der Waals surface area contributed by atoms with Crippen LogP contribution < -0.4 is 10.5 Å². The average Bonchev–Trinajstić information content (AvgIpc) is 2.39. The Labute approximate surface area is 104 Å². The van der Waals surface area contributed by atoms with Crippen molar-refractivity contribution in [2.75, 3.05) is 5.73 Å². The monoisotopic (exact) mass is 237 g/mol. The first kappa shape index (κ1) is 10.5. The van der Waals surface area contributed by atoms with E-state index in [4.69, 9.17) is 10.5 Å². The van der Waals surface area contributed by atoms with Crippen molar-refractivity contribution < 1.29 is 4.74 Å². The number of rotatable bonds is 2. The van der Waals surface area contributed by atoms with Crippen molar-refractivity contribution in [1.29, 1.82) is 0 Å². The van der Waals surface area contributed by atoms with Gasteiger partial charge in [0.05, 0.1) is 11.7 Å². The lowest BCUT2D eigenvalue weighted by atomic mass is 10.2. The summed E-state index contributed by atoms with van der Waals surface area (Å²) in [6.07, 6.45) is 1.67. The van der Waals surface area contributed by atoms with Gasteiger partial charge in [-0.1, -0.05) is 24.3 Å². The van der Waals surface area contributed by atoms with Crippen molar-refractivity contribution in [1.82, 2.24) is 9.97 Å². The van der Waals surface area contributed by atoms with Gasteiger partial charge in [-0.3, -0.25) is 4.98 Å². The van der Waals surface area contributed by atoms with Gasteiger partial charge in [-0.15, -0.1) is 0 Å². The third-order valence-electron chi connectivity index (χ3n) is 2.53. The Hall–Kier alpha value is -2.62. The highest BCUT2D eigenvalue weighted by Gasteiger charge is 2.01. The summed E-state index contributed by atoms with van der Waals surface area (Å²) in [7, 11) is 0. The number of benzene rings is 1. The molecule has 4 nitrogen and oxygen atoms in total. The quantitative estimate of drug-likeness (QED) is 0.744. The van der Waals surface area contributed by atoms with Crippen LogP contribution in [0.3, 0.4) is 0 Å². The lowest BCUT2D eigenvalue weighted by Gasteiger charge is -2.05. The molecule has 0 saturated heterocycles. The van der Waals surface area contributed by atoms with E-state index in [0.29, 0.717) is 17.4 Å². The molecule has 88 valence electrons. The fraction of sp³-hybridized carbons (Fsp3) is 0. The highest BCUT2D eigenvalue weighted by atomic mass is 16.5. The molecule has 3 rings (SSSR count). The van der Waals surface area contributed by atoms with E-state index < -0.39 is 0 Å². The number of anilines is 1. The van der Waals surface area contributed by atoms with Crippen LogP contribution >= 0.6 is 0 Å². The molecule has 0 radical (unpaired) electrons. The van der Waals surface area contributed by atoms with Gasteiger partial charge in [-0.25, -0.2) is 0 Å². The summed E-state index contributed by atoms with van der Waals surface area (Å²) in [6, 6.07) is 15.1. The smallest absolute Gasteiger partial charge is 0.221 e. The van der Waals surface area contributed by atoms with Crippen LogP contribution in [0, 0.1) is 0 Å². The van der Waals surface area contributed by atoms with Crippen molar-refractivity contribution >= 4 is 16.7 Å². The predicted molar refractivity (Wildman–Crippen MR) is 70.5 cm³/mol. The molecule has 2 aromatic heterocycles. The van der Waals surface area contributed by atoms with E-state index >= 15 is 0 Å². The molecule has 0 fully saturated rings. The molecule has 4 heteroatoms. The number of nitrogen functional groups attached to an aromatic ring is 1. The summed E-state index contributed by atoms with van der Waals surface area (Å²) in [6.45, 7) is 0. The van der Waals surface area contributed by atoms with E-state index in [-0.39, 0.29) is 0 Å². The van der Waals surface area contributed by atoms with Crippen LogP contribution in [0.2, 0.25) is 0 Å². The Kier molecular flexibility index (Phi) is 2.53. The van der Waals surface area contributed by atoms with Gasteiger partial charge < -0.3 is 10.5 Å². The lowest BCUT2D eigenvalue weighted by molar-refractivity contribution is 0.462. The maximum absolute atomic E-state index is 5.61. The van der Waals surface area contributed by atoms with E-state index in [9.17, 15) is 0 Å². The topological polar surface area (TPSA) is 61.0 Å². The van der Waals surface area contributed by atoms with E-state index in [2.05, 4.69) is 9.97 Å². The van der Waals surface area contributed by atoms with Crippen LogP contribution in [0.1, 0.15) is 0 Å². The average molecular weight is 237 g/mol. The zero-order valence-electron chi connectivity index (χ0n) is 9.58. The zero-order valence-corrected chi connectivity index (χ0v) is 9.58. The van der Waals surface area contributed by atoms with Gasteiger partial charge in [0.1, 0.15) is 11.6 Å². The van der Waals surface area contributed by atoms with Crippen LogP contribution in [0.15, 0.2) is 54.7 Å². The van der Waals surface area contributed by atoms with Crippen molar-refractivity contribution in [3.05, 3.63) is 54.7 Å². The highest BCUT2D eigenvalue weighted by Crippen LogP contribution is 2.22. The van der Waals surface area contributed by atoms with Gasteiger partial charge in [-0.2, -0.15) is 4.98 Å². The van der Waals surface area contributed by atoms with Crippen LogP contribution in [-0.2, 0) is 0 Å². The van der Waals surface area contributed by atoms with Gasteiger partial charge in [0.15, 0.2) is 0 Å². The molecule has 0 amide bonds. The summed E-state index contributed by atoms with van der Waals surface area (Å²) >= 11 is 0. The Morgan fingerprint density at radius 1 is 1.00 bits per heavy atom. The molecule has 0 aliphatic rings. The molecule has 0 aliphatic heterocycles. The molecule has 0 bridgehead atoms. The molecule has 3 aromatic rings. The minimum atomic E-state index is 0.432. The first-order valence-corrected chi connectivity index (χ1v) is 5.56. The second kappa shape index (κ2) is 4.33. The molecule has 1 aromatic carbocycles. The number of pyridine rings is 2. The van der Waals surface area contributed by atoms with Crippen molar-refractivity contribution in [2.24, 2.45) is 0 Å². The van der Waals surface area contributed by atoms with Crippen molar-refractivity contribution in [2.45, 2.75) is 0 Å². The normalized spacial score (nSPS) is 10.4. The van der Waals surface area contributed by atoms with Crippen LogP contribution in [0.4, 0.5) is 5.82 Å². The summed E-state index contributed by atoms with van der Waals surface area (Å²) in [5, 5.41) is 1.03. The van der Waals surface area contributed by atoms with Gasteiger partial charge in [0, 0.05) is 11.5 Å². The fourth-order valence-electron chi connectivity index (χ4n) is 1.72. The molecular weight excluding hydrogens is 226 g/mol. The first-order chi connectivity index (χ1) is 8.81. The molecule has 0 aliphatic carbocycles. The highest BCUT2D eigenvalue weighted by molar-refractivity contribution is 5.79. The molecule has 0 saturated carbocycles. The molecular formula is C14H11N3O. The zero-order chi connectivity index (χ0) is 12.4. The molecule has 0 spiro atoms. The third kappa shape index (κ3) is 2.08. The Bertz CT molecular complexity index is 697. The second-order valence-electron chi connectivity index (χ2n) is 3.87. The SMILES string of the molecule is Nc1cccc(Oc2cnc3ccccc3c2)n1. The van der Waals surface area contributed by atoms with E-state index in [1.165, 1.54) is 0 Å². The van der Waals surface area contributed by atoms with Gasteiger partial charge in [0.25, 0.3) is 0 Å². The van der Waals surface area contributed by atoms with Crippen LogP contribution in [0.5, 0.6) is 11.6 Å². The maximum atomic E-state index is 5.61. The minimum Gasteiger partial charge on any atom is -0.437 e. The number of para-hydroxylation sites is 1. The Balaban J connectivity index is 1.95. The van der Waals surface area contributed by atoms with Crippen LogP contribution in [-0.4, -0.2) is 9.97 Å². The summed E-state index contributed by atoms with van der Waals surface area (Å²) < 4.78 is 5.61. The lowest BCUT2D eigenvalue weighted by Crippen LogP contribution is -1.93. The number of hydrogen-bond donors (Lipinski definition) is 1. The first-order valence-electron chi connectivity index (χ1n) is 5.56. The summed E-state index contributed by atoms with van der Waals surface area (Å²) in [5.74, 6) is 1.54. The molecule has 18 heavy (non-hydrogen) atoms. The number of hydrogen-bond acceptors (Lipinski definition) is 4. The molecule has 2 heterocycles. The second-order valence-corrected chi connectivity index (χ2v) is 3.87. The van der Waals surface area contributed by atoms with Gasteiger partial charge in [0.2, 0.25) is 5.88 Å². The number of nitrogens with two attached hydrogens (primary N) is 1. The number of nitrogens with zero attached hydrogens (tertiary/aromatic N) is 2. The predicted octanol–water partition coefficient (Wildman–Crippen LogP) is 3.00. The van der Waals surface area contributed by atoms with Gasteiger partial charge in [-0.05, 0) is 18.2 Å². The van der Waals surface area contributed by atoms with E-state index in [1.54, 1.807) is 24.4 Å². The Morgan fingerprint density at radius 2 is 1.89 bits per heavy atom. The van der Waals surface area contributed by atoms with Crippen LogP contribution in [0.25, 0.3) is 10.9 Å². The molecule has 0 unspecified atom stereocenters. The van der Waals surface area contributed by atoms with Gasteiger partial charge >= 0.3 is 0 Å². The largest absolute Gasteiger partial charge is 0.437 e. The van der Waals surface area contributed by atoms with E-state index in [0.717, 1.165) is 10.9 Å². The maximum Gasteiger partial charge on any atom is 0.221 e. The molecule has 2 N–H and O–H groups in total. The Morgan fingerprint density at radius 3 is 2.78 bits per heavy atom. The summed E-state index contributed by atoms with van der Waals surface area (Å²) in [4.78, 5) is 8.39. The van der Waals surface area contributed by atoms with E-state index in [1.807, 2.05) is 30.3 Å². The van der Waals surface area contributed by atoms with Crippen molar-refractivity contribution in [3.63, 3.8) is 0 Å². The fourth-order valence-corrected chi connectivity index (χ4v) is 1.72. The van der Waals surface area contributed by atoms with Crippen molar-refractivity contribution in [3.8, 4) is 11.6 Å². The number of fused-ring (bicyclic) bond motifs is 1. The standard InChI is InChI=1S/C14H11N3O/c15-13-6-3-7-14(17-13)18-11-8-10-4-1-2-5-12(10)16-9-11/h1-9H,(H2,15,17). The third-order valence-corrected chi connectivity index (χ3v) is 2.53. The summed E-state index contributed by atoms with van der Waals surface area (Å²) in [5.41, 5.74) is 6.53. The number of ether oxygens (including phenoxy) is 1.